The van der Waals surface area contributed by atoms with Crippen molar-refractivity contribution >= 4 is 11.9 Å². The highest BCUT2D eigenvalue weighted by Crippen LogP contribution is 2.19. The van der Waals surface area contributed by atoms with Gasteiger partial charge in [-0.2, -0.15) is 0 Å². The Morgan fingerprint density at radius 1 is 1.39 bits per heavy atom. The second kappa shape index (κ2) is 5.68. The van der Waals surface area contributed by atoms with Gasteiger partial charge in [-0.05, 0) is 25.0 Å². The molecule has 2 heterocycles. The van der Waals surface area contributed by atoms with Gasteiger partial charge in [0.15, 0.2) is 6.10 Å². The Balaban J connectivity index is 1.71. The molecule has 0 bridgehead atoms. The lowest BCUT2D eigenvalue weighted by Gasteiger charge is -2.11. The molecule has 6 nitrogen and oxygen atoms in total. The highest BCUT2D eigenvalue weighted by Gasteiger charge is 2.34. The maximum absolute atomic E-state index is 11.7. The monoisotopic (exact) mass is 253 g/mol. The summed E-state index contributed by atoms with van der Waals surface area (Å²) in [5, 5.41) is 11.5. The minimum absolute atomic E-state index is 0.259. The zero-order valence-electron chi connectivity index (χ0n) is 9.80. The third-order valence-corrected chi connectivity index (χ3v) is 2.84. The second-order valence-electron chi connectivity index (χ2n) is 4.15. The Morgan fingerprint density at radius 3 is 2.78 bits per heavy atom. The number of amides is 1. The molecule has 98 valence electrons. The molecule has 2 atom stereocenters. The van der Waals surface area contributed by atoms with E-state index >= 15 is 0 Å². The van der Waals surface area contributed by atoms with Crippen LogP contribution in [0.25, 0.3) is 0 Å². The number of furan rings is 1. The van der Waals surface area contributed by atoms with Gasteiger partial charge >= 0.3 is 5.97 Å². The van der Waals surface area contributed by atoms with Crippen molar-refractivity contribution in [1.82, 2.24) is 5.32 Å². The molecule has 1 aliphatic rings. The summed E-state index contributed by atoms with van der Waals surface area (Å²) in [6, 6.07) is 3.62. The van der Waals surface area contributed by atoms with Gasteiger partial charge in [-0.1, -0.05) is 0 Å². The first-order chi connectivity index (χ1) is 8.66. The number of rotatable bonds is 5. The Morgan fingerprint density at radius 2 is 2.17 bits per heavy atom. The summed E-state index contributed by atoms with van der Waals surface area (Å²) in [6.45, 7) is 0.448. The second-order valence-corrected chi connectivity index (χ2v) is 4.15. The third kappa shape index (κ3) is 3.10. The standard InChI is InChI=1S/C12H15NO5/c14-11(9-3-4-10(18-9)12(15)16)13-6-5-8-2-1-7-17-8/h1-2,7,9-10H,3-6H2,(H,13,14)(H,15,16)/t9-,10+/m0/s1. The topological polar surface area (TPSA) is 88.8 Å². The Hall–Kier alpha value is -1.82. The molecule has 0 aliphatic carbocycles. The van der Waals surface area contributed by atoms with Crippen LogP contribution in [0.4, 0.5) is 0 Å². The summed E-state index contributed by atoms with van der Waals surface area (Å²) in [4.78, 5) is 22.4. The van der Waals surface area contributed by atoms with Crippen LogP contribution in [0, 0.1) is 0 Å². The fraction of sp³-hybridized carbons (Fsp3) is 0.500. The van der Waals surface area contributed by atoms with Crippen LogP contribution in [0.3, 0.4) is 0 Å². The Labute approximate surface area is 104 Å². The van der Waals surface area contributed by atoms with Crippen molar-refractivity contribution in [2.45, 2.75) is 31.5 Å². The van der Waals surface area contributed by atoms with Gasteiger partial charge in [0.25, 0.3) is 0 Å². The summed E-state index contributed by atoms with van der Waals surface area (Å²) in [7, 11) is 0. The first kappa shape index (κ1) is 12.6. The molecule has 2 N–H and O–H groups in total. The van der Waals surface area contributed by atoms with E-state index in [-0.39, 0.29) is 5.91 Å². The maximum Gasteiger partial charge on any atom is 0.332 e. The van der Waals surface area contributed by atoms with Crippen LogP contribution in [0.5, 0.6) is 0 Å². The SMILES string of the molecule is O=C(NCCc1ccco1)[C@@H]1CC[C@H](C(=O)O)O1. The summed E-state index contributed by atoms with van der Waals surface area (Å²) in [6.07, 6.45) is 1.51. The predicted molar refractivity (Wildman–Crippen MR) is 61.0 cm³/mol. The molecule has 1 fully saturated rings. The molecule has 1 aromatic rings. The summed E-state index contributed by atoms with van der Waals surface area (Å²) >= 11 is 0. The molecule has 1 aliphatic heterocycles. The van der Waals surface area contributed by atoms with E-state index in [2.05, 4.69) is 5.32 Å². The van der Waals surface area contributed by atoms with E-state index in [0.717, 1.165) is 5.76 Å². The average molecular weight is 253 g/mol. The number of carboxylic acids is 1. The summed E-state index contributed by atoms with van der Waals surface area (Å²) in [5.41, 5.74) is 0. The van der Waals surface area contributed by atoms with E-state index in [0.29, 0.717) is 25.8 Å². The van der Waals surface area contributed by atoms with Crippen LogP contribution in [0.1, 0.15) is 18.6 Å². The van der Waals surface area contributed by atoms with Gasteiger partial charge < -0.3 is 19.6 Å². The number of nitrogens with one attached hydrogen (secondary N) is 1. The highest BCUT2D eigenvalue weighted by molar-refractivity contribution is 5.82. The molecule has 0 unspecified atom stereocenters. The maximum atomic E-state index is 11.7. The molecule has 0 aromatic carbocycles. The van der Waals surface area contributed by atoms with E-state index in [1.807, 2.05) is 6.07 Å². The van der Waals surface area contributed by atoms with Gasteiger partial charge in [-0.25, -0.2) is 4.79 Å². The fourth-order valence-corrected chi connectivity index (χ4v) is 1.89. The number of carboxylic acid groups (broad SMARTS) is 1. The molecule has 2 rings (SSSR count). The van der Waals surface area contributed by atoms with E-state index in [9.17, 15) is 9.59 Å². The number of aliphatic carboxylic acids is 1. The molecule has 0 radical (unpaired) electrons. The number of hydrogen-bond donors (Lipinski definition) is 2. The summed E-state index contributed by atoms with van der Waals surface area (Å²) < 4.78 is 10.3. The zero-order chi connectivity index (χ0) is 13.0. The van der Waals surface area contributed by atoms with Crippen molar-refractivity contribution in [2.24, 2.45) is 0 Å². The van der Waals surface area contributed by atoms with Crippen molar-refractivity contribution in [3.05, 3.63) is 24.2 Å². The molecule has 1 saturated heterocycles. The van der Waals surface area contributed by atoms with Crippen LogP contribution < -0.4 is 5.32 Å². The number of carbonyl (C=O) groups is 2. The quantitative estimate of drug-likeness (QED) is 0.800. The minimum atomic E-state index is -1.01. The third-order valence-electron chi connectivity index (χ3n) is 2.84. The molecule has 1 aromatic heterocycles. The van der Waals surface area contributed by atoms with Crippen molar-refractivity contribution in [3.63, 3.8) is 0 Å². The van der Waals surface area contributed by atoms with Crippen LogP contribution in [-0.4, -0.2) is 35.7 Å². The molecular weight excluding hydrogens is 238 g/mol. The molecule has 18 heavy (non-hydrogen) atoms. The molecule has 6 heteroatoms. The van der Waals surface area contributed by atoms with Crippen molar-refractivity contribution in [1.29, 1.82) is 0 Å². The van der Waals surface area contributed by atoms with Crippen LogP contribution in [0.2, 0.25) is 0 Å². The van der Waals surface area contributed by atoms with Crippen LogP contribution in [0.15, 0.2) is 22.8 Å². The zero-order valence-corrected chi connectivity index (χ0v) is 9.80. The van der Waals surface area contributed by atoms with Gasteiger partial charge in [0, 0.05) is 13.0 Å². The Bertz CT molecular complexity index is 414. The van der Waals surface area contributed by atoms with Crippen molar-refractivity contribution in [2.75, 3.05) is 6.54 Å². The average Bonchev–Trinajstić information content (AvgIpc) is 2.99. The van der Waals surface area contributed by atoms with Crippen molar-refractivity contribution < 1.29 is 23.8 Å². The predicted octanol–water partition coefficient (Wildman–Crippen LogP) is 0.570. The molecule has 1 amide bonds. The summed E-state index contributed by atoms with van der Waals surface area (Å²) in [5.74, 6) is -0.475. The van der Waals surface area contributed by atoms with Gasteiger partial charge in [0.2, 0.25) is 5.91 Å². The van der Waals surface area contributed by atoms with Gasteiger partial charge in [0.1, 0.15) is 11.9 Å². The van der Waals surface area contributed by atoms with E-state index in [1.165, 1.54) is 0 Å². The molecule has 0 saturated carbocycles. The van der Waals surface area contributed by atoms with Crippen molar-refractivity contribution in [3.8, 4) is 0 Å². The molecular formula is C12H15NO5. The lowest BCUT2D eigenvalue weighted by atomic mass is 10.2. The number of ether oxygens (including phenoxy) is 1. The van der Waals surface area contributed by atoms with Gasteiger partial charge in [0.05, 0.1) is 6.26 Å². The smallest absolute Gasteiger partial charge is 0.332 e. The minimum Gasteiger partial charge on any atom is -0.479 e. The highest BCUT2D eigenvalue weighted by atomic mass is 16.5. The fourth-order valence-electron chi connectivity index (χ4n) is 1.89. The largest absolute Gasteiger partial charge is 0.479 e. The van der Waals surface area contributed by atoms with Gasteiger partial charge in [-0.3, -0.25) is 4.79 Å². The van der Waals surface area contributed by atoms with E-state index in [4.69, 9.17) is 14.3 Å². The first-order valence-electron chi connectivity index (χ1n) is 5.85. The lowest BCUT2D eigenvalue weighted by molar-refractivity contribution is -0.151. The van der Waals surface area contributed by atoms with Crippen LogP contribution >= 0.6 is 0 Å². The van der Waals surface area contributed by atoms with Crippen LogP contribution in [-0.2, 0) is 20.7 Å². The molecule has 0 spiro atoms. The Kier molecular flexibility index (Phi) is 3.99. The number of carbonyl (C=O) groups excluding carboxylic acids is 1. The van der Waals surface area contributed by atoms with E-state index in [1.54, 1.807) is 12.3 Å². The van der Waals surface area contributed by atoms with Gasteiger partial charge in [-0.15, -0.1) is 0 Å². The first-order valence-corrected chi connectivity index (χ1v) is 5.85. The lowest BCUT2D eigenvalue weighted by Crippen LogP contribution is -2.36. The number of hydrogen-bond acceptors (Lipinski definition) is 4. The normalized spacial score (nSPS) is 22.9. The van der Waals surface area contributed by atoms with E-state index < -0.39 is 18.2 Å².